The van der Waals surface area contributed by atoms with Gasteiger partial charge in [-0.05, 0) is 11.1 Å². The molecule has 2 unspecified atom stereocenters. The van der Waals surface area contributed by atoms with Gasteiger partial charge in [-0.25, -0.2) is 0 Å². The van der Waals surface area contributed by atoms with E-state index in [4.69, 9.17) is 5.11 Å². The van der Waals surface area contributed by atoms with E-state index < -0.39 is 0 Å². The van der Waals surface area contributed by atoms with Gasteiger partial charge in [0.05, 0.1) is 0 Å². The van der Waals surface area contributed by atoms with Crippen LogP contribution in [0.4, 0.5) is 0 Å². The lowest BCUT2D eigenvalue weighted by molar-refractivity contribution is 0.160. The van der Waals surface area contributed by atoms with E-state index in [0.29, 0.717) is 5.66 Å². The Bertz CT molecular complexity index is 68.9. The molecular weight excluding hydrogens is 119 g/mol. The molecule has 0 fully saturated rings. The Balaban J connectivity index is 3.71. The standard InChI is InChI=1S/C6H15OP/c1-5(8)6(2,3)4-7/h5,7H,4,8H2,1-3H3. The zero-order valence-corrected chi connectivity index (χ0v) is 6.96. The van der Waals surface area contributed by atoms with Crippen LogP contribution in [-0.2, 0) is 0 Å². The molecule has 0 saturated heterocycles. The average Bonchev–Trinajstić information content (AvgIpc) is 1.67. The number of hydrogen-bond donors (Lipinski definition) is 1. The lowest BCUT2D eigenvalue weighted by Gasteiger charge is -2.25. The van der Waals surface area contributed by atoms with Gasteiger partial charge in [0.25, 0.3) is 0 Å². The molecule has 2 heteroatoms. The summed E-state index contributed by atoms with van der Waals surface area (Å²) in [5, 5.41) is 8.75. The fourth-order valence-corrected chi connectivity index (χ4v) is 0.249. The first-order valence-corrected chi connectivity index (χ1v) is 3.54. The Morgan fingerprint density at radius 3 is 2.00 bits per heavy atom. The minimum absolute atomic E-state index is 0.0602. The van der Waals surface area contributed by atoms with Gasteiger partial charge in [-0.1, -0.05) is 20.8 Å². The maximum Gasteiger partial charge on any atom is 0.0487 e. The molecule has 0 aromatic heterocycles. The topological polar surface area (TPSA) is 20.2 Å². The van der Waals surface area contributed by atoms with Crippen molar-refractivity contribution < 1.29 is 5.11 Å². The van der Waals surface area contributed by atoms with Crippen LogP contribution in [-0.4, -0.2) is 17.4 Å². The van der Waals surface area contributed by atoms with Crippen molar-refractivity contribution in [1.82, 2.24) is 0 Å². The van der Waals surface area contributed by atoms with E-state index in [1.54, 1.807) is 0 Å². The van der Waals surface area contributed by atoms with Crippen LogP contribution in [0.1, 0.15) is 20.8 Å². The number of rotatable bonds is 2. The summed E-state index contributed by atoms with van der Waals surface area (Å²) in [5.74, 6) is 0. The second-order valence-electron chi connectivity index (χ2n) is 2.94. The van der Waals surface area contributed by atoms with E-state index in [2.05, 4.69) is 16.2 Å². The quantitative estimate of drug-likeness (QED) is 0.564. The third-order valence-electron chi connectivity index (χ3n) is 1.64. The first kappa shape index (κ1) is 8.39. The van der Waals surface area contributed by atoms with Crippen LogP contribution in [0.25, 0.3) is 0 Å². The molecule has 50 valence electrons. The first-order chi connectivity index (χ1) is 3.50. The second-order valence-corrected chi connectivity index (χ2v) is 3.94. The summed E-state index contributed by atoms with van der Waals surface area (Å²) in [6.07, 6.45) is 0. The molecule has 0 amide bonds. The molecular formula is C6H15OP. The molecule has 0 heterocycles. The minimum Gasteiger partial charge on any atom is -0.396 e. The molecule has 8 heavy (non-hydrogen) atoms. The van der Waals surface area contributed by atoms with Gasteiger partial charge < -0.3 is 5.11 Å². The van der Waals surface area contributed by atoms with Gasteiger partial charge in [-0.2, -0.15) is 0 Å². The zero-order valence-electron chi connectivity index (χ0n) is 5.81. The van der Waals surface area contributed by atoms with Gasteiger partial charge in [0.2, 0.25) is 0 Å². The predicted octanol–water partition coefficient (Wildman–Crippen LogP) is 1.27. The number of aliphatic hydroxyl groups excluding tert-OH is 1. The summed E-state index contributed by atoms with van der Waals surface area (Å²) in [5.41, 5.74) is 0.539. The summed E-state index contributed by atoms with van der Waals surface area (Å²) in [6, 6.07) is 0. The Labute approximate surface area is 53.7 Å². The van der Waals surface area contributed by atoms with Gasteiger partial charge in [0, 0.05) is 6.61 Å². The van der Waals surface area contributed by atoms with Crippen LogP contribution < -0.4 is 0 Å². The van der Waals surface area contributed by atoms with Crippen molar-refractivity contribution in [3.63, 3.8) is 0 Å². The molecule has 0 aromatic rings. The lowest BCUT2D eigenvalue weighted by Crippen LogP contribution is -2.25. The van der Waals surface area contributed by atoms with Crippen molar-refractivity contribution >= 4 is 9.24 Å². The fourth-order valence-electron chi connectivity index (χ4n) is 0.144. The third-order valence-corrected chi connectivity index (χ3v) is 2.54. The van der Waals surface area contributed by atoms with Crippen molar-refractivity contribution in [2.24, 2.45) is 5.41 Å². The Hall–Kier alpha value is 0.390. The largest absolute Gasteiger partial charge is 0.396 e. The number of aliphatic hydroxyl groups is 1. The number of hydrogen-bond acceptors (Lipinski definition) is 1. The maximum atomic E-state index is 8.75. The predicted molar refractivity (Wildman–Crippen MR) is 40.0 cm³/mol. The van der Waals surface area contributed by atoms with Gasteiger partial charge in [0.1, 0.15) is 0 Å². The summed E-state index contributed by atoms with van der Waals surface area (Å²) in [7, 11) is 2.69. The van der Waals surface area contributed by atoms with E-state index >= 15 is 0 Å². The van der Waals surface area contributed by atoms with Crippen LogP contribution in [0.15, 0.2) is 0 Å². The third kappa shape index (κ3) is 2.11. The van der Waals surface area contributed by atoms with Gasteiger partial charge in [-0.15, -0.1) is 9.24 Å². The lowest BCUT2D eigenvalue weighted by atomic mass is 9.91. The van der Waals surface area contributed by atoms with E-state index in [-0.39, 0.29) is 12.0 Å². The van der Waals surface area contributed by atoms with E-state index in [1.807, 2.05) is 13.8 Å². The molecule has 0 aliphatic carbocycles. The summed E-state index contributed by atoms with van der Waals surface area (Å²) in [4.78, 5) is 0. The van der Waals surface area contributed by atoms with Crippen LogP contribution in [0.2, 0.25) is 0 Å². The van der Waals surface area contributed by atoms with Gasteiger partial charge in [-0.3, -0.25) is 0 Å². The molecule has 0 saturated carbocycles. The molecule has 0 rings (SSSR count). The molecule has 0 spiro atoms. The van der Waals surface area contributed by atoms with Crippen LogP contribution in [0, 0.1) is 5.41 Å². The van der Waals surface area contributed by atoms with Crippen molar-refractivity contribution in [3.8, 4) is 0 Å². The van der Waals surface area contributed by atoms with Crippen LogP contribution in [0.3, 0.4) is 0 Å². The summed E-state index contributed by atoms with van der Waals surface area (Å²) < 4.78 is 0. The molecule has 0 aromatic carbocycles. The molecule has 1 N–H and O–H groups in total. The smallest absolute Gasteiger partial charge is 0.0487 e. The van der Waals surface area contributed by atoms with Crippen LogP contribution in [0.5, 0.6) is 0 Å². The molecule has 0 bridgehead atoms. The minimum atomic E-state index is 0.0602. The summed E-state index contributed by atoms with van der Waals surface area (Å²) in [6.45, 7) is 6.44. The fraction of sp³-hybridized carbons (Fsp3) is 1.00. The van der Waals surface area contributed by atoms with E-state index in [1.165, 1.54) is 0 Å². The van der Waals surface area contributed by atoms with Gasteiger partial charge >= 0.3 is 0 Å². The molecule has 0 radical (unpaired) electrons. The highest BCUT2D eigenvalue weighted by Gasteiger charge is 2.20. The Morgan fingerprint density at radius 1 is 1.62 bits per heavy atom. The maximum absolute atomic E-state index is 8.75. The Kier molecular flexibility index (Phi) is 2.93. The molecule has 0 aliphatic rings. The van der Waals surface area contributed by atoms with Crippen molar-refractivity contribution in [3.05, 3.63) is 0 Å². The Morgan fingerprint density at radius 2 is 2.00 bits per heavy atom. The molecule has 1 nitrogen and oxygen atoms in total. The van der Waals surface area contributed by atoms with Crippen LogP contribution >= 0.6 is 9.24 Å². The zero-order chi connectivity index (χ0) is 6.78. The van der Waals surface area contributed by atoms with Crippen molar-refractivity contribution in [2.45, 2.75) is 26.4 Å². The highest BCUT2D eigenvalue weighted by molar-refractivity contribution is 7.17. The van der Waals surface area contributed by atoms with Gasteiger partial charge in [0.15, 0.2) is 0 Å². The highest BCUT2D eigenvalue weighted by Crippen LogP contribution is 2.25. The van der Waals surface area contributed by atoms with Crippen molar-refractivity contribution in [1.29, 1.82) is 0 Å². The normalized spacial score (nSPS) is 16.1. The summed E-state index contributed by atoms with van der Waals surface area (Å²) >= 11 is 0. The second kappa shape index (κ2) is 2.80. The van der Waals surface area contributed by atoms with Crippen molar-refractivity contribution in [2.75, 3.05) is 6.61 Å². The van der Waals surface area contributed by atoms with E-state index in [9.17, 15) is 0 Å². The average molecular weight is 134 g/mol. The highest BCUT2D eigenvalue weighted by atomic mass is 31.0. The van der Waals surface area contributed by atoms with E-state index in [0.717, 1.165) is 0 Å². The SMILES string of the molecule is CC(P)C(C)(C)CO. The first-order valence-electron chi connectivity index (χ1n) is 2.87. The molecule has 0 aliphatic heterocycles. The molecule has 2 atom stereocenters. The monoisotopic (exact) mass is 134 g/mol.